The van der Waals surface area contributed by atoms with Crippen molar-refractivity contribution in [2.75, 3.05) is 6.54 Å². The molecule has 0 amide bonds. The Kier molecular flexibility index (Phi) is 5.23. The summed E-state index contributed by atoms with van der Waals surface area (Å²) in [5.74, 6) is 0.403. The number of benzene rings is 1. The first-order valence-electron chi connectivity index (χ1n) is 7.39. The molecule has 3 unspecified atom stereocenters. The first-order valence-corrected chi connectivity index (χ1v) is 8.83. The van der Waals surface area contributed by atoms with E-state index in [9.17, 15) is 13.2 Å². The van der Waals surface area contributed by atoms with Gasteiger partial charge in [0.2, 0.25) is 0 Å². The van der Waals surface area contributed by atoms with Gasteiger partial charge in [-0.3, -0.25) is 9.35 Å². The molecule has 0 aromatic heterocycles. The number of carboxylic acids is 1. The molecule has 6 nitrogen and oxygen atoms in total. The lowest BCUT2D eigenvalue weighted by molar-refractivity contribution is -0.144. The van der Waals surface area contributed by atoms with E-state index in [0.29, 0.717) is 18.4 Å². The van der Waals surface area contributed by atoms with Crippen LogP contribution in [0.2, 0.25) is 0 Å². The Hall–Kier alpha value is -1.70. The lowest BCUT2D eigenvalue weighted by Gasteiger charge is -2.51. The van der Waals surface area contributed by atoms with Gasteiger partial charge in [-0.25, -0.2) is 0 Å². The lowest BCUT2D eigenvalue weighted by atomic mass is 9.53. The minimum Gasteiger partial charge on any atom is -0.481 e. The van der Waals surface area contributed by atoms with E-state index in [-0.39, 0.29) is 16.7 Å². The zero-order valence-electron chi connectivity index (χ0n) is 12.6. The van der Waals surface area contributed by atoms with Crippen LogP contribution in [0.4, 0.5) is 0 Å². The predicted octanol–water partition coefficient (Wildman–Crippen LogP) is 1.94. The van der Waals surface area contributed by atoms with Crippen LogP contribution in [0.3, 0.4) is 0 Å². The van der Waals surface area contributed by atoms with Crippen molar-refractivity contribution in [3.63, 3.8) is 0 Å². The van der Waals surface area contributed by atoms with Crippen LogP contribution in [0.1, 0.15) is 19.3 Å². The molecule has 1 aromatic carbocycles. The van der Waals surface area contributed by atoms with Gasteiger partial charge in [0, 0.05) is 0 Å². The summed E-state index contributed by atoms with van der Waals surface area (Å²) in [6.45, 7) is 0.505. The Morgan fingerprint density at radius 3 is 2.39 bits per heavy atom. The normalized spacial score (nSPS) is 28.3. The third-order valence-corrected chi connectivity index (χ3v) is 5.48. The van der Waals surface area contributed by atoms with Gasteiger partial charge >= 0.3 is 5.97 Å². The molecular weight excluding hydrogens is 318 g/mol. The van der Waals surface area contributed by atoms with E-state index in [1.165, 1.54) is 12.1 Å². The summed E-state index contributed by atoms with van der Waals surface area (Å²) in [5, 5.41) is 8.79. The van der Waals surface area contributed by atoms with Gasteiger partial charge in [0.15, 0.2) is 0 Å². The van der Waals surface area contributed by atoms with Crippen molar-refractivity contribution in [1.29, 1.82) is 0 Å². The first-order chi connectivity index (χ1) is 10.8. The maximum Gasteiger partial charge on any atom is 0.303 e. The molecule has 0 spiro atoms. The highest BCUT2D eigenvalue weighted by Crippen LogP contribution is 2.57. The number of aliphatic carboxylic acids is 1. The second kappa shape index (κ2) is 6.82. The molecule has 0 bridgehead atoms. The number of carbonyl (C=O) groups is 1. The number of fused-ring (bicyclic) bond motifs is 1. The summed E-state index contributed by atoms with van der Waals surface area (Å²) < 4.78 is 29.2. The van der Waals surface area contributed by atoms with Crippen LogP contribution in [0.25, 0.3) is 0 Å². The highest BCUT2D eigenvalue weighted by molar-refractivity contribution is 7.85. The fourth-order valence-electron chi connectivity index (χ4n) is 3.49. The molecule has 1 fully saturated rings. The average Bonchev–Trinajstić information content (AvgIpc) is 2.88. The Balaban J connectivity index is 0.000000174. The minimum absolute atomic E-state index is 0.0741. The van der Waals surface area contributed by atoms with E-state index in [1.807, 2.05) is 0 Å². The SMILES string of the molecule is NCC1(CC(=O)O)CC2CC=CC21.O=S(=O)(O)c1ccccc1. The van der Waals surface area contributed by atoms with Gasteiger partial charge in [-0.1, -0.05) is 30.4 Å². The molecule has 2 aliphatic carbocycles. The molecule has 1 aromatic rings. The van der Waals surface area contributed by atoms with E-state index < -0.39 is 16.1 Å². The summed E-state index contributed by atoms with van der Waals surface area (Å²) in [4.78, 5) is 10.6. The Labute approximate surface area is 135 Å². The smallest absolute Gasteiger partial charge is 0.303 e. The van der Waals surface area contributed by atoms with Gasteiger partial charge in [-0.05, 0) is 48.8 Å². The van der Waals surface area contributed by atoms with Crippen LogP contribution in [0, 0.1) is 17.3 Å². The van der Waals surface area contributed by atoms with Gasteiger partial charge in [0.05, 0.1) is 11.3 Å². The number of nitrogens with two attached hydrogens (primary N) is 1. The molecule has 7 heteroatoms. The van der Waals surface area contributed by atoms with Gasteiger partial charge in [0.25, 0.3) is 10.1 Å². The second-order valence-electron chi connectivity index (χ2n) is 6.08. The van der Waals surface area contributed by atoms with E-state index in [2.05, 4.69) is 12.2 Å². The predicted molar refractivity (Wildman–Crippen MR) is 85.4 cm³/mol. The third-order valence-electron chi connectivity index (χ3n) is 4.62. The van der Waals surface area contributed by atoms with Crippen LogP contribution in [-0.2, 0) is 14.9 Å². The maximum atomic E-state index is 10.7. The fraction of sp³-hybridized carbons (Fsp3) is 0.438. The summed E-state index contributed by atoms with van der Waals surface area (Å²) in [7, 11) is -4.00. The number of allylic oxidation sites excluding steroid dienone is 2. The van der Waals surface area contributed by atoms with Gasteiger partial charge in [-0.15, -0.1) is 0 Å². The van der Waals surface area contributed by atoms with Crippen LogP contribution >= 0.6 is 0 Å². The Morgan fingerprint density at radius 1 is 1.30 bits per heavy atom. The molecule has 0 aliphatic heterocycles. The minimum atomic E-state index is -4.00. The summed E-state index contributed by atoms with van der Waals surface area (Å²) in [6.07, 6.45) is 6.66. The monoisotopic (exact) mass is 339 g/mol. The van der Waals surface area contributed by atoms with E-state index in [1.54, 1.807) is 18.2 Å². The third kappa shape index (κ3) is 3.99. The largest absolute Gasteiger partial charge is 0.481 e. The Morgan fingerprint density at radius 2 is 1.96 bits per heavy atom. The topological polar surface area (TPSA) is 118 Å². The number of carboxylic acid groups (broad SMARTS) is 1. The molecule has 2 aliphatic rings. The van der Waals surface area contributed by atoms with Crippen LogP contribution in [-0.4, -0.2) is 30.6 Å². The highest BCUT2D eigenvalue weighted by atomic mass is 32.2. The number of rotatable bonds is 4. The molecule has 0 saturated heterocycles. The molecular formula is C16H21NO5S. The average molecular weight is 339 g/mol. The molecule has 3 atom stereocenters. The second-order valence-corrected chi connectivity index (χ2v) is 7.50. The van der Waals surface area contributed by atoms with Crippen molar-refractivity contribution in [3.8, 4) is 0 Å². The van der Waals surface area contributed by atoms with Crippen molar-refractivity contribution in [2.24, 2.45) is 23.0 Å². The molecule has 0 heterocycles. The van der Waals surface area contributed by atoms with Gasteiger partial charge in [-0.2, -0.15) is 8.42 Å². The molecule has 126 valence electrons. The van der Waals surface area contributed by atoms with Crippen LogP contribution < -0.4 is 5.73 Å². The van der Waals surface area contributed by atoms with E-state index >= 15 is 0 Å². The van der Waals surface area contributed by atoms with Crippen molar-refractivity contribution < 1.29 is 22.9 Å². The van der Waals surface area contributed by atoms with E-state index in [0.717, 1.165) is 12.8 Å². The number of hydrogen-bond donors (Lipinski definition) is 3. The maximum absolute atomic E-state index is 10.7. The summed E-state index contributed by atoms with van der Waals surface area (Å²) in [5.41, 5.74) is 5.55. The first kappa shape index (κ1) is 17.7. The van der Waals surface area contributed by atoms with Crippen LogP contribution in [0.5, 0.6) is 0 Å². The highest BCUT2D eigenvalue weighted by Gasteiger charge is 2.53. The fourth-order valence-corrected chi connectivity index (χ4v) is 3.99. The molecule has 1 saturated carbocycles. The molecule has 4 N–H and O–H groups in total. The van der Waals surface area contributed by atoms with Crippen molar-refractivity contribution in [2.45, 2.75) is 24.2 Å². The summed E-state index contributed by atoms with van der Waals surface area (Å²) >= 11 is 0. The van der Waals surface area contributed by atoms with Crippen molar-refractivity contribution in [3.05, 3.63) is 42.5 Å². The van der Waals surface area contributed by atoms with Crippen molar-refractivity contribution in [1.82, 2.24) is 0 Å². The van der Waals surface area contributed by atoms with E-state index in [4.69, 9.17) is 15.4 Å². The van der Waals surface area contributed by atoms with Crippen LogP contribution in [0.15, 0.2) is 47.4 Å². The zero-order valence-corrected chi connectivity index (χ0v) is 13.4. The standard InChI is InChI=1S/C10H15NO2.C6H6O3S/c11-6-10(5-9(12)13)4-7-2-1-3-8(7)10;7-10(8,9)6-4-2-1-3-5-6/h1,3,7-8H,2,4-6,11H2,(H,12,13);1-5H,(H,7,8,9). The van der Waals surface area contributed by atoms with Gasteiger partial charge < -0.3 is 10.8 Å². The molecule has 0 radical (unpaired) electrons. The zero-order chi connectivity index (χ0) is 17.1. The van der Waals surface area contributed by atoms with Gasteiger partial charge in [0.1, 0.15) is 0 Å². The number of hydrogen-bond acceptors (Lipinski definition) is 4. The van der Waals surface area contributed by atoms with Crippen molar-refractivity contribution >= 4 is 16.1 Å². The Bertz CT molecular complexity index is 686. The molecule has 3 rings (SSSR count). The summed E-state index contributed by atoms with van der Waals surface area (Å²) in [6, 6.07) is 7.42. The quantitative estimate of drug-likeness (QED) is 0.570. The molecule has 23 heavy (non-hydrogen) atoms. The lowest BCUT2D eigenvalue weighted by Crippen LogP contribution is -2.51.